The van der Waals surface area contributed by atoms with E-state index in [1.54, 1.807) is 17.0 Å². The van der Waals surface area contributed by atoms with E-state index in [-0.39, 0.29) is 64.5 Å². The molecule has 1 aliphatic carbocycles. The van der Waals surface area contributed by atoms with Crippen LogP contribution in [0.1, 0.15) is 44.1 Å². The molecule has 1 saturated carbocycles. The van der Waals surface area contributed by atoms with Crippen LogP contribution in [0.5, 0.6) is 0 Å². The van der Waals surface area contributed by atoms with Gasteiger partial charge in [-0.2, -0.15) is 0 Å². The molecule has 3 aliphatic heterocycles. The summed E-state index contributed by atoms with van der Waals surface area (Å²) in [5.74, 6) is -1.45. The van der Waals surface area contributed by atoms with E-state index in [2.05, 4.69) is 32.0 Å². The normalized spacial score (nSPS) is 22.9. The molecule has 0 radical (unpaired) electrons. The van der Waals surface area contributed by atoms with Crippen LogP contribution in [0.25, 0.3) is 0 Å². The Bertz CT molecular complexity index is 2040. The average Bonchev–Trinajstić information content (AvgIpc) is 3.60. The summed E-state index contributed by atoms with van der Waals surface area (Å²) in [6.45, 7) is 6.48. The summed E-state index contributed by atoms with van der Waals surface area (Å²) < 4.78 is 78.2. The number of anilines is 2. The number of carbonyl (C=O) groups is 2. The lowest BCUT2D eigenvalue weighted by Gasteiger charge is -2.59. The van der Waals surface area contributed by atoms with Gasteiger partial charge in [-0.1, -0.05) is 25.1 Å². The molecule has 11 nitrogen and oxygen atoms in total. The SMILES string of the molecule is C=CC(=O)Nc1cncc(S(=O)(=O)c2ccc(N3CC(F)(CN4CCC(C(c5cccc(F)c5)([C@H]5CCC[C@@H]5NC(=O)OC)N5CCC5)CC4)C3)c(F)c2)c1. The number of benzene rings is 2. The van der Waals surface area contributed by atoms with E-state index >= 15 is 8.78 Å². The number of aromatic nitrogens is 1. The molecule has 0 spiro atoms. The van der Waals surface area contributed by atoms with E-state index in [1.165, 1.54) is 37.6 Å². The van der Waals surface area contributed by atoms with E-state index in [4.69, 9.17) is 4.74 Å². The number of sulfone groups is 1. The van der Waals surface area contributed by atoms with Gasteiger partial charge in [-0.05, 0) is 99.1 Å². The van der Waals surface area contributed by atoms with Crippen molar-refractivity contribution in [3.05, 3.63) is 90.8 Å². The number of carbonyl (C=O) groups excluding carboxylic acids is 2. The number of hydrogen-bond donors (Lipinski definition) is 2. The Balaban J connectivity index is 1.02. The summed E-state index contributed by atoms with van der Waals surface area (Å²) >= 11 is 0. The molecule has 2 N–H and O–H groups in total. The van der Waals surface area contributed by atoms with Crippen molar-refractivity contribution < 1.29 is 35.9 Å². The molecule has 294 valence electrons. The minimum absolute atomic E-state index is 0.0427. The summed E-state index contributed by atoms with van der Waals surface area (Å²) in [5.41, 5.74) is -0.923. The predicted molar refractivity (Wildman–Crippen MR) is 201 cm³/mol. The number of piperidine rings is 1. The Kier molecular flexibility index (Phi) is 11.0. The number of methoxy groups -OCH3 is 1. The van der Waals surface area contributed by atoms with Crippen molar-refractivity contribution in [2.24, 2.45) is 11.8 Å². The van der Waals surface area contributed by atoms with Crippen LogP contribution >= 0.6 is 0 Å². The van der Waals surface area contributed by atoms with Crippen molar-refractivity contribution in [3.8, 4) is 0 Å². The summed E-state index contributed by atoms with van der Waals surface area (Å²) in [6, 6.07) is 11.5. The van der Waals surface area contributed by atoms with Gasteiger partial charge in [0.25, 0.3) is 0 Å². The van der Waals surface area contributed by atoms with E-state index in [9.17, 15) is 22.4 Å². The average molecular weight is 781 g/mol. The Hall–Kier alpha value is -4.47. The van der Waals surface area contributed by atoms with E-state index in [0.717, 1.165) is 75.5 Å². The fourth-order valence-electron chi connectivity index (χ4n) is 9.44. The second-order valence-corrected chi connectivity index (χ2v) is 17.2. The lowest BCUT2D eigenvalue weighted by atomic mass is 9.62. The fraction of sp³-hybridized carbons (Fsp3) is 0.475. The monoisotopic (exact) mass is 780 g/mol. The van der Waals surface area contributed by atoms with Crippen molar-refractivity contribution in [1.82, 2.24) is 20.1 Å². The standard InChI is InChI=1S/C40H47F3N6O5S/c1-3-37(50)45-30-20-32(23-44-22-30)55(52,53)31-11-12-36(34(42)21-31)48-25-39(43,26-48)24-47-17-13-27(14-18-47)40(49-15-6-16-49,28-7-4-8-29(41)19-28)33-9-5-10-35(33)46-38(51)54-2/h3-4,7-8,11-12,19-23,27,33,35H,1,5-6,9-10,13-18,24-26H2,2H3,(H,45,50)(H,46,51)/t33-,35-,40?/m0/s1. The Morgan fingerprint density at radius 2 is 1.76 bits per heavy atom. The molecule has 4 heterocycles. The van der Waals surface area contributed by atoms with Gasteiger partial charge < -0.3 is 20.3 Å². The molecule has 4 aliphatic rings. The highest BCUT2D eigenvalue weighted by molar-refractivity contribution is 7.91. The van der Waals surface area contributed by atoms with E-state index in [1.807, 2.05) is 6.07 Å². The minimum Gasteiger partial charge on any atom is -0.453 e. The van der Waals surface area contributed by atoms with Gasteiger partial charge in [0.2, 0.25) is 15.7 Å². The third-order valence-corrected chi connectivity index (χ3v) is 13.7. The van der Waals surface area contributed by atoms with Gasteiger partial charge in [0.1, 0.15) is 11.6 Å². The second-order valence-electron chi connectivity index (χ2n) is 15.2. The number of pyridine rings is 1. The first-order valence-corrected chi connectivity index (χ1v) is 20.3. The Labute approximate surface area is 319 Å². The highest BCUT2D eigenvalue weighted by atomic mass is 32.2. The number of likely N-dealkylation sites (tertiary alicyclic amines) is 2. The van der Waals surface area contributed by atoms with Crippen LogP contribution in [0.4, 0.5) is 29.3 Å². The van der Waals surface area contributed by atoms with Crippen LogP contribution in [0, 0.1) is 23.5 Å². The number of alkyl halides is 1. The van der Waals surface area contributed by atoms with Crippen LogP contribution < -0.4 is 15.5 Å². The molecule has 55 heavy (non-hydrogen) atoms. The number of nitrogens with one attached hydrogen (secondary N) is 2. The largest absolute Gasteiger partial charge is 0.453 e. The first-order valence-electron chi connectivity index (χ1n) is 18.8. The smallest absolute Gasteiger partial charge is 0.407 e. The topological polar surface area (TPSA) is 124 Å². The van der Waals surface area contributed by atoms with Gasteiger partial charge in [-0.3, -0.25) is 19.6 Å². The molecular formula is C40H47F3N6O5S. The fourth-order valence-corrected chi connectivity index (χ4v) is 10.7. The number of rotatable bonds is 12. The summed E-state index contributed by atoms with van der Waals surface area (Å²) in [7, 11) is -2.82. The van der Waals surface area contributed by atoms with Crippen molar-refractivity contribution in [2.75, 3.05) is 63.1 Å². The van der Waals surface area contributed by atoms with Gasteiger partial charge in [0.15, 0.2) is 5.67 Å². The highest BCUT2D eigenvalue weighted by Gasteiger charge is 2.57. The second kappa shape index (κ2) is 15.6. The Morgan fingerprint density at radius 1 is 1.00 bits per heavy atom. The quantitative estimate of drug-likeness (QED) is 0.224. The molecule has 1 unspecified atom stereocenters. The summed E-state index contributed by atoms with van der Waals surface area (Å²) in [4.78, 5) is 33.6. The third kappa shape index (κ3) is 7.58. The molecule has 2 amide bonds. The molecule has 0 bridgehead atoms. The molecule has 3 aromatic rings. The van der Waals surface area contributed by atoms with E-state index in [0.29, 0.717) is 13.1 Å². The predicted octanol–water partition coefficient (Wildman–Crippen LogP) is 5.68. The molecule has 15 heteroatoms. The zero-order valence-corrected chi connectivity index (χ0v) is 31.7. The number of alkyl carbamates (subject to hydrolysis) is 1. The van der Waals surface area contributed by atoms with Gasteiger partial charge in [0, 0.05) is 37.8 Å². The first-order chi connectivity index (χ1) is 26.4. The van der Waals surface area contributed by atoms with Crippen molar-refractivity contribution in [2.45, 2.75) is 65.6 Å². The zero-order chi connectivity index (χ0) is 39.0. The van der Waals surface area contributed by atoms with Crippen LogP contribution in [-0.4, -0.2) is 99.8 Å². The minimum atomic E-state index is -4.18. The summed E-state index contributed by atoms with van der Waals surface area (Å²) in [6.07, 6.45) is 8.16. The highest BCUT2D eigenvalue weighted by Crippen LogP contribution is 2.54. The zero-order valence-electron chi connectivity index (χ0n) is 30.9. The van der Waals surface area contributed by atoms with Gasteiger partial charge in [-0.25, -0.2) is 26.4 Å². The van der Waals surface area contributed by atoms with Crippen molar-refractivity contribution in [3.63, 3.8) is 0 Å². The molecule has 3 atom stereocenters. The maximum atomic E-state index is 16.2. The molecule has 2 aromatic carbocycles. The first kappa shape index (κ1) is 38.8. The van der Waals surface area contributed by atoms with Crippen molar-refractivity contribution in [1.29, 1.82) is 0 Å². The van der Waals surface area contributed by atoms with Gasteiger partial charge in [0.05, 0.1) is 53.1 Å². The molecule has 4 fully saturated rings. The lowest BCUT2D eigenvalue weighted by Crippen LogP contribution is -2.66. The maximum absolute atomic E-state index is 16.2. The molecule has 1 aromatic heterocycles. The van der Waals surface area contributed by atoms with Crippen LogP contribution in [0.3, 0.4) is 0 Å². The van der Waals surface area contributed by atoms with Crippen LogP contribution in [0.15, 0.2) is 83.4 Å². The number of halogens is 3. The maximum Gasteiger partial charge on any atom is 0.407 e. The van der Waals surface area contributed by atoms with Crippen LogP contribution in [0.2, 0.25) is 0 Å². The lowest BCUT2D eigenvalue weighted by molar-refractivity contribution is -0.111. The Morgan fingerprint density at radius 3 is 2.42 bits per heavy atom. The number of nitrogens with zero attached hydrogens (tertiary/aromatic N) is 4. The number of amides is 2. The molecule has 7 rings (SSSR count). The number of ether oxygens (including phenoxy) is 1. The van der Waals surface area contributed by atoms with Gasteiger partial charge >= 0.3 is 6.09 Å². The van der Waals surface area contributed by atoms with E-state index < -0.39 is 38.9 Å². The third-order valence-electron chi connectivity index (χ3n) is 11.9. The number of hydrogen-bond acceptors (Lipinski definition) is 9. The van der Waals surface area contributed by atoms with Crippen molar-refractivity contribution >= 4 is 33.2 Å². The molecule has 3 saturated heterocycles. The van der Waals surface area contributed by atoms with Gasteiger partial charge in [-0.15, -0.1) is 0 Å². The summed E-state index contributed by atoms with van der Waals surface area (Å²) in [5, 5.41) is 5.55. The molecular weight excluding hydrogens is 734 g/mol. The van der Waals surface area contributed by atoms with Crippen LogP contribution in [-0.2, 0) is 24.9 Å².